The van der Waals surface area contributed by atoms with Crippen LogP contribution in [0.1, 0.15) is 44.3 Å². The fourth-order valence-electron chi connectivity index (χ4n) is 2.80. The molecule has 2 amide bonds. The van der Waals surface area contributed by atoms with Gasteiger partial charge in [0.1, 0.15) is 11.5 Å². The molecule has 1 aromatic rings. The van der Waals surface area contributed by atoms with Gasteiger partial charge in [0.15, 0.2) is 0 Å². The van der Waals surface area contributed by atoms with Crippen molar-refractivity contribution >= 4 is 23.6 Å². The average molecular weight is 324 g/mol. The summed E-state index contributed by atoms with van der Waals surface area (Å²) in [6.07, 6.45) is 2.78. The van der Waals surface area contributed by atoms with E-state index in [1.807, 2.05) is 17.0 Å². The molecule has 0 saturated carbocycles. The lowest BCUT2D eigenvalue weighted by Gasteiger charge is -2.37. The van der Waals surface area contributed by atoms with Gasteiger partial charge in [0.25, 0.3) is 0 Å². The quantitative estimate of drug-likeness (QED) is 0.871. The van der Waals surface area contributed by atoms with Gasteiger partial charge < -0.3 is 15.1 Å². The highest BCUT2D eigenvalue weighted by molar-refractivity contribution is 8.00. The van der Waals surface area contributed by atoms with E-state index in [0.29, 0.717) is 5.92 Å². The number of furan rings is 1. The minimum Gasteiger partial charge on any atom is -0.464 e. The molecule has 1 fully saturated rings. The molecule has 2 heterocycles. The van der Waals surface area contributed by atoms with E-state index in [9.17, 15) is 9.59 Å². The van der Waals surface area contributed by atoms with E-state index in [-0.39, 0.29) is 29.4 Å². The molecule has 2 rings (SSSR count). The maximum atomic E-state index is 12.5. The van der Waals surface area contributed by atoms with Crippen molar-refractivity contribution in [3.63, 3.8) is 0 Å². The second-order valence-electron chi connectivity index (χ2n) is 5.85. The minimum absolute atomic E-state index is 0.00530. The maximum absolute atomic E-state index is 12.5. The van der Waals surface area contributed by atoms with Crippen LogP contribution in [0.5, 0.6) is 0 Å². The first-order valence-electron chi connectivity index (χ1n) is 7.75. The van der Waals surface area contributed by atoms with Gasteiger partial charge in [0.05, 0.1) is 17.5 Å². The van der Waals surface area contributed by atoms with Crippen LogP contribution in [-0.2, 0) is 16.0 Å². The van der Waals surface area contributed by atoms with Crippen molar-refractivity contribution in [3.05, 3.63) is 23.7 Å². The Hall–Kier alpha value is -1.43. The van der Waals surface area contributed by atoms with Crippen LogP contribution in [0, 0.1) is 5.92 Å². The number of hydrogen-bond donors (Lipinski definition) is 1. The predicted octanol–water partition coefficient (Wildman–Crippen LogP) is 2.36. The normalized spacial score (nSPS) is 21.8. The van der Waals surface area contributed by atoms with Crippen LogP contribution in [0.15, 0.2) is 16.5 Å². The standard InChI is InChI=1S/C16H24N2O3S/c1-3-12-4-5-14(21-12)13-8-11(2)6-7-18(13)16(20)10-22-9-15(17)19/h4-5,11,13H,3,6-10H2,1-2H3,(H2,17,19)/t11-,13+/m1/s1. The van der Waals surface area contributed by atoms with Crippen LogP contribution in [0.25, 0.3) is 0 Å². The zero-order chi connectivity index (χ0) is 16.1. The number of nitrogens with two attached hydrogens (primary N) is 1. The van der Waals surface area contributed by atoms with Gasteiger partial charge in [0.2, 0.25) is 11.8 Å². The Kier molecular flexibility index (Phi) is 5.94. The summed E-state index contributed by atoms with van der Waals surface area (Å²) < 4.78 is 5.87. The Labute approximate surface area is 135 Å². The van der Waals surface area contributed by atoms with Gasteiger partial charge in [-0.25, -0.2) is 0 Å². The molecule has 122 valence electrons. The Morgan fingerprint density at radius 1 is 1.41 bits per heavy atom. The second kappa shape index (κ2) is 7.72. The van der Waals surface area contributed by atoms with Crippen molar-refractivity contribution < 1.29 is 14.0 Å². The molecule has 1 aromatic heterocycles. The number of aryl methyl sites for hydroxylation is 1. The minimum atomic E-state index is -0.389. The van der Waals surface area contributed by atoms with Crippen molar-refractivity contribution in [3.8, 4) is 0 Å². The summed E-state index contributed by atoms with van der Waals surface area (Å²) in [5.41, 5.74) is 5.11. The molecule has 1 aliphatic heterocycles. The van der Waals surface area contributed by atoms with E-state index in [0.717, 1.165) is 37.3 Å². The van der Waals surface area contributed by atoms with Gasteiger partial charge in [-0.3, -0.25) is 9.59 Å². The van der Waals surface area contributed by atoms with Gasteiger partial charge >= 0.3 is 0 Å². The predicted molar refractivity (Wildman–Crippen MR) is 87.5 cm³/mol. The van der Waals surface area contributed by atoms with Crippen LogP contribution in [0.3, 0.4) is 0 Å². The third-order valence-corrected chi connectivity index (χ3v) is 4.95. The lowest BCUT2D eigenvalue weighted by atomic mass is 9.91. The zero-order valence-corrected chi connectivity index (χ0v) is 14.0. The molecule has 6 heteroatoms. The van der Waals surface area contributed by atoms with E-state index in [1.165, 1.54) is 11.8 Å². The lowest BCUT2D eigenvalue weighted by molar-refractivity contribution is -0.133. The van der Waals surface area contributed by atoms with Crippen LogP contribution in [0.2, 0.25) is 0 Å². The van der Waals surface area contributed by atoms with Crippen molar-refractivity contribution in [2.75, 3.05) is 18.1 Å². The van der Waals surface area contributed by atoms with E-state index in [4.69, 9.17) is 10.2 Å². The highest BCUT2D eigenvalue weighted by Gasteiger charge is 2.32. The summed E-state index contributed by atoms with van der Waals surface area (Å²) in [5, 5.41) is 0. The summed E-state index contributed by atoms with van der Waals surface area (Å²) in [4.78, 5) is 25.1. The van der Waals surface area contributed by atoms with Crippen molar-refractivity contribution in [1.82, 2.24) is 4.90 Å². The van der Waals surface area contributed by atoms with Crippen LogP contribution >= 0.6 is 11.8 Å². The van der Waals surface area contributed by atoms with Gasteiger partial charge in [-0.15, -0.1) is 11.8 Å². The molecule has 0 spiro atoms. The molecule has 2 atom stereocenters. The Balaban J connectivity index is 2.05. The highest BCUT2D eigenvalue weighted by Crippen LogP contribution is 2.35. The van der Waals surface area contributed by atoms with Crippen molar-refractivity contribution in [1.29, 1.82) is 0 Å². The fraction of sp³-hybridized carbons (Fsp3) is 0.625. The number of primary amides is 1. The summed E-state index contributed by atoms with van der Waals surface area (Å²) in [7, 11) is 0. The van der Waals surface area contributed by atoms with E-state index in [1.54, 1.807) is 0 Å². The van der Waals surface area contributed by atoms with E-state index in [2.05, 4.69) is 13.8 Å². The topological polar surface area (TPSA) is 76.5 Å². The number of rotatable bonds is 6. The first-order chi connectivity index (χ1) is 10.5. The Bertz CT molecular complexity index is 529. The summed E-state index contributed by atoms with van der Waals surface area (Å²) in [6, 6.07) is 3.98. The molecule has 0 aliphatic carbocycles. The molecule has 0 aromatic carbocycles. The maximum Gasteiger partial charge on any atom is 0.233 e. The molecule has 1 aliphatic rings. The van der Waals surface area contributed by atoms with Crippen molar-refractivity contribution in [2.24, 2.45) is 11.7 Å². The number of carbonyl (C=O) groups excluding carboxylic acids is 2. The van der Waals surface area contributed by atoms with E-state index < -0.39 is 0 Å². The van der Waals surface area contributed by atoms with Gasteiger partial charge in [-0.05, 0) is 30.9 Å². The molecule has 0 unspecified atom stereocenters. The summed E-state index contributed by atoms with van der Waals surface area (Å²) in [6.45, 7) is 5.00. The fourth-order valence-corrected chi connectivity index (χ4v) is 3.44. The number of hydrogen-bond acceptors (Lipinski definition) is 4. The summed E-state index contributed by atoms with van der Waals surface area (Å²) in [5.74, 6) is 2.53. The first-order valence-corrected chi connectivity index (χ1v) is 8.90. The summed E-state index contributed by atoms with van der Waals surface area (Å²) >= 11 is 1.27. The number of likely N-dealkylation sites (tertiary alicyclic amines) is 1. The third kappa shape index (κ3) is 4.29. The Morgan fingerprint density at radius 3 is 2.82 bits per heavy atom. The van der Waals surface area contributed by atoms with Gasteiger partial charge in [0, 0.05) is 13.0 Å². The number of nitrogens with zero attached hydrogens (tertiary/aromatic N) is 1. The number of piperidine rings is 1. The SMILES string of the molecule is CCc1ccc([C@@H]2C[C@H](C)CCN2C(=O)CSCC(N)=O)o1. The lowest BCUT2D eigenvalue weighted by Crippen LogP contribution is -2.41. The largest absolute Gasteiger partial charge is 0.464 e. The zero-order valence-electron chi connectivity index (χ0n) is 13.2. The molecule has 2 N–H and O–H groups in total. The number of thioether (sulfide) groups is 1. The van der Waals surface area contributed by atoms with Crippen LogP contribution in [-0.4, -0.2) is 34.8 Å². The van der Waals surface area contributed by atoms with Gasteiger partial charge in [-0.2, -0.15) is 0 Å². The molecule has 1 saturated heterocycles. The van der Waals surface area contributed by atoms with Crippen molar-refractivity contribution in [2.45, 2.75) is 39.2 Å². The first kappa shape index (κ1) is 16.9. The van der Waals surface area contributed by atoms with Crippen LogP contribution < -0.4 is 5.73 Å². The number of amides is 2. The highest BCUT2D eigenvalue weighted by atomic mass is 32.2. The third-order valence-electron chi connectivity index (χ3n) is 4.01. The molecular formula is C16H24N2O3S. The van der Waals surface area contributed by atoms with Crippen LogP contribution in [0.4, 0.5) is 0 Å². The molecule has 5 nitrogen and oxygen atoms in total. The monoisotopic (exact) mass is 324 g/mol. The Morgan fingerprint density at radius 2 is 2.18 bits per heavy atom. The second-order valence-corrected chi connectivity index (χ2v) is 6.83. The van der Waals surface area contributed by atoms with Gasteiger partial charge in [-0.1, -0.05) is 13.8 Å². The number of carbonyl (C=O) groups is 2. The molecular weight excluding hydrogens is 300 g/mol. The van der Waals surface area contributed by atoms with E-state index >= 15 is 0 Å². The smallest absolute Gasteiger partial charge is 0.233 e. The average Bonchev–Trinajstić information content (AvgIpc) is 2.95. The molecule has 0 radical (unpaired) electrons. The molecule has 0 bridgehead atoms. The molecule has 22 heavy (non-hydrogen) atoms.